The first-order valence-corrected chi connectivity index (χ1v) is 8.69. The van der Waals surface area contributed by atoms with E-state index < -0.39 is 0 Å². The van der Waals surface area contributed by atoms with E-state index in [4.69, 9.17) is 0 Å². The molecular weight excluding hydrogens is 274 g/mol. The maximum atomic E-state index is 12.1. The van der Waals surface area contributed by atoms with Gasteiger partial charge in [-0.15, -0.1) is 11.8 Å². The summed E-state index contributed by atoms with van der Waals surface area (Å²) >= 11 is 1.46. The predicted molar refractivity (Wildman–Crippen MR) is 81.8 cm³/mol. The number of carbonyl (C=O) groups excluding carboxylic acids is 2. The smallest absolute Gasteiger partial charge is 0.232 e. The average Bonchev–Trinajstić information content (AvgIpc) is 2.48. The Kier molecular flexibility index (Phi) is 6.16. The number of piperazine rings is 1. The largest absolute Gasteiger partial charge is 0.342 e. The molecule has 114 valence electrons. The van der Waals surface area contributed by atoms with E-state index in [1.807, 2.05) is 9.80 Å². The first-order chi connectivity index (χ1) is 9.68. The molecule has 2 amide bonds. The van der Waals surface area contributed by atoms with Gasteiger partial charge in [-0.3, -0.25) is 9.59 Å². The molecular formula is C14H25N3O2S. The fraction of sp³-hybridized carbons (Fsp3) is 0.857. The summed E-state index contributed by atoms with van der Waals surface area (Å²) in [6.07, 6.45) is 3.47. The first-order valence-electron chi connectivity index (χ1n) is 7.54. The lowest BCUT2D eigenvalue weighted by atomic mass is 10.1. The second-order valence-electron chi connectivity index (χ2n) is 5.57. The second-order valence-corrected chi connectivity index (χ2v) is 6.56. The Hall–Kier alpha value is -0.750. The van der Waals surface area contributed by atoms with Crippen LogP contribution in [0.2, 0.25) is 0 Å². The number of hydrogen-bond acceptors (Lipinski definition) is 4. The molecule has 0 bridgehead atoms. The van der Waals surface area contributed by atoms with Crippen LogP contribution >= 0.6 is 11.8 Å². The zero-order chi connectivity index (χ0) is 14.4. The summed E-state index contributed by atoms with van der Waals surface area (Å²) < 4.78 is 0. The van der Waals surface area contributed by atoms with Crippen LogP contribution in [-0.4, -0.2) is 71.9 Å². The van der Waals surface area contributed by atoms with E-state index in [1.54, 1.807) is 0 Å². The number of rotatable bonds is 4. The lowest BCUT2D eigenvalue weighted by molar-refractivity contribution is -0.131. The molecule has 0 unspecified atom stereocenters. The number of hydrogen-bond donors (Lipinski definition) is 1. The highest BCUT2D eigenvalue weighted by molar-refractivity contribution is 8.00. The van der Waals surface area contributed by atoms with Gasteiger partial charge in [0.15, 0.2) is 0 Å². The van der Waals surface area contributed by atoms with Gasteiger partial charge in [-0.05, 0) is 26.2 Å². The molecule has 0 aromatic heterocycles. The maximum Gasteiger partial charge on any atom is 0.232 e. The van der Waals surface area contributed by atoms with Crippen molar-refractivity contribution in [3.8, 4) is 0 Å². The van der Waals surface area contributed by atoms with Gasteiger partial charge in [-0.1, -0.05) is 0 Å². The molecule has 20 heavy (non-hydrogen) atoms. The summed E-state index contributed by atoms with van der Waals surface area (Å²) in [6, 6.07) is 0.259. The van der Waals surface area contributed by atoms with Gasteiger partial charge >= 0.3 is 0 Å². The number of nitrogens with zero attached hydrogens (tertiary/aromatic N) is 2. The van der Waals surface area contributed by atoms with E-state index in [9.17, 15) is 9.59 Å². The molecule has 0 aromatic carbocycles. The van der Waals surface area contributed by atoms with Crippen LogP contribution in [0.3, 0.4) is 0 Å². The number of likely N-dealkylation sites (tertiary alicyclic amines) is 1. The van der Waals surface area contributed by atoms with Crippen molar-refractivity contribution in [2.75, 3.05) is 44.2 Å². The molecule has 0 saturated carbocycles. The van der Waals surface area contributed by atoms with Crippen molar-refractivity contribution in [1.29, 1.82) is 0 Å². The average molecular weight is 299 g/mol. The molecule has 0 radical (unpaired) electrons. The third-order valence-electron chi connectivity index (χ3n) is 3.98. The Bertz CT molecular complexity index is 345. The van der Waals surface area contributed by atoms with E-state index in [1.165, 1.54) is 18.2 Å². The highest BCUT2D eigenvalue weighted by Gasteiger charge is 2.23. The maximum absolute atomic E-state index is 12.1. The summed E-state index contributed by atoms with van der Waals surface area (Å²) in [5.74, 6) is 1.21. The highest BCUT2D eigenvalue weighted by Crippen LogP contribution is 2.12. The normalized spacial score (nSPS) is 23.8. The summed E-state index contributed by atoms with van der Waals surface area (Å²) in [4.78, 5) is 28.0. The van der Waals surface area contributed by atoms with Gasteiger partial charge in [0.25, 0.3) is 0 Å². The molecule has 2 saturated heterocycles. The Morgan fingerprint density at radius 2 is 1.80 bits per heavy atom. The zero-order valence-electron chi connectivity index (χ0n) is 12.3. The minimum Gasteiger partial charge on any atom is -0.342 e. The van der Waals surface area contributed by atoms with E-state index >= 15 is 0 Å². The molecule has 0 spiro atoms. The molecule has 2 rings (SSSR count). The second kappa shape index (κ2) is 7.88. The molecule has 5 nitrogen and oxygen atoms in total. The van der Waals surface area contributed by atoms with Crippen molar-refractivity contribution in [3.63, 3.8) is 0 Å². The van der Waals surface area contributed by atoms with Gasteiger partial charge in [0.05, 0.1) is 11.5 Å². The van der Waals surface area contributed by atoms with Gasteiger partial charge in [0.1, 0.15) is 0 Å². The molecule has 1 atom stereocenters. The predicted octanol–water partition coefficient (Wildman–Crippen LogP) is 0.552. The molecule has 0 aliphatic carbocycles. The molecule has 6 heteroatoms. The topological polar surface area (TPSA) is 52.7 Å². The Balaban J connectivity index is 1.66. The van der Waals surface area contributed by atoms with Crippen molar-refractivity contribution in [3.05, 3.63) is 0 Å². The van der Waals surface area contributed by atoms with Gasteiger partial charge in [-0.25, -0.2) is 0 Å². The first kappa shape index (κ1) is 15.6. The highest BCUT2D eigenvalue weighted by atomic mass is 32.2. The SMILES string of the molecule is C[C@H]1CNCCN1C(=O)CSCC(=O)N1CCCCC1. The van der Waals surface area contributed by atoms with Crippen LogP contribution < -0.4 is 5.32 Å². The van der Waals surface area contributed by atoms with Crippen LogP contribution in [0, 0.1) is 0 Å². The summed E-state index contributed by atoms with van der Waals surface area (Å²) in [5.41, 5.74) is 0. The van der Waals surface area contributed by atoms with Crippen LogP contribution in [0.15, 0.2) is 0 Å². The van der Waals surface area contributed by atoms with E-state index in [0.717, 1.165) is 45.6 Å². The molecule has 2 aliphatic heterocycles. The van der Waals surface area contributed by atoms with Crippen molar-refractivity contribution < 1.29 is 9.59 Å². The number of nitrogens with one attached hydrogen (secondary N) is 1. The van der Waals surface area contributed by atoms with Crippen LogP contribution in [0.1, 0.15) is 26.2 Å². The molecule has 1 N–H and O–H groups in total. The lowest BCUT2D eigenvalue weighted by Crippen LogP contribution is -2.52. The summed E-state index contributed by atoms with van der Waals surface area (Å²) in [6.45, 7) is 6.36. The fourth-order valence-corrected chi connectivity index (χ4v) is 3.55. The number of carbonyl (C=O) groups is 2. The van der Waals surface area contributed by atoms with Crippen molar-refractivity contribution in [1.82, 2.24) is 15.1 Å². The van der Waals surface area contributed by atoms with E-state index in [2.05, 4.69) is 12.2 Å². The van der Waals surface area contributed by atoms with Gasteiger partial charge in [0.2, 0.25) is 11.8 Å². The third kappa shape index (κ3) is 4.38. The van der Waals surface area contributed by atoms with E-state index in [0.29, 0.717) is 11.5 Å². The van der Waals surface area contributed by atoms with Crippen LogP contribution in [0.25, 0.3) is 0 Å². The monoisotopic (exact) mass is 299 g/mol. The van der Waals surface area contributed by atoms with E-state index in [-0.39, 0.29) is 17.9 Å². The molecule has 2 fully saturated rings. The quantitative estimate of drug-likeness (QED) is 0.824. The van der Waals surface area contributed by atoms with Crippen LogP contribution in [-0.2, 0) is 9.59 Å². The fourth-order valence-electron chi connectivity index (χ4n) is 2.75. The summed E-state index contributed by atoms with van der Waals surface area (Å²) in [7, 11) is 0. The molecule has 2 aliphatic rings. The molecule has 2 heterocycles. The van der Waals surface area contributed by atoms with Gasteiger partial charge < -0.3 is 15.1 Å². The van der Waals surface area contributed by atoms with Gasteiger partial charge in [-0.2, -0.15) is 0 Å². The van der Waals surface area contributed by atoms with Crippen molar-refractivity contribution >= 4 is 23.6 Å². The Morgan fingerprint density at radius 3 is 2.50 bits per heavy atom. The Labute approximate surface area is 125 Å². The standard InChI is InChI=1S/C14H25N3O2S/c1-12-9-15-5-8-17(12)14(19)11-20-10-13(18)16-6-3-2-4-7-16/h12,15H,2-11H2,1H3/t12-/m0/s1. The third-order valence-corrected chi connectivity index (χ3v) is 4.88. The minimum absolute atomic E-state index is 0.162. The number of piperidine rings is 1. The zero-order valence-corrected chi connectivity index (χ0v) is 13.1. The summed E-state index contributed by atoms with van der Waals surface area (Å²) in [5, 5.41) is 3.28. The lowest BCUT2D eigenvalue weighted by Gasteiger charge is -2.34. The minimum atomic E-state index is 0.162. The number of amides is 2. The molecule has 0 aromatic rings. The Morgan fingerprint density at radius 1 is 1.10 bits per heavy atom. The van der Waals surface area contributed by atoms with Crippen LogP contribution in [0.4, 0.5) is 0 Å². The van der Waals surface area contributed by atoms with Gasteiger partial charge in [0, 0.05) is 38.8 Å². The number of thioether (sulfide) groups is 1. The van der Waals surface area contributed by atoms with Crippen molar-refractivity contribution in [2.45, 2.75) is 32.2 Å². The van der Waals surface area contributed by atoms with Crippen LogP contribution in [0.5, 0.6) is 0 Å². The van der Waals surface area contributed by atoms with Crippen molar-refractivity contribution in [2.24, 2.45) is 0 Å².